The highest BCUT2D eigenvalue weighted by Crippen LogP contribution is 2.40. The lowest BCUT2D eigenvalue weighted by atomic mass is 10.1. The summed E-state index contributed by atoms with van der Waals surface area (Å²) in [5.74, 6) is -6.60. The molecule has 1 atom stereocenters. The molecule has 0 saturated carbocycles. The maximum atomic E-state index is 13.2. The first-order chi connectivity index (χ1) is 29.2. The number of methoxy groups -OCH3 is 2. The number of aromatic hydroxyl groups is 2. The molecule has 0 aliphatic carbocycles. The molecular formula is C44H38N6O11. The van der Waals surface area contributed by atoms with Crippen molar-refractivity contribution in [3.8, 4) is 29.1 Å². The van der Waals surface area contributed by atoms with Crippen molar-refractivity contribution < 1.29 is 53.6 Å². The van der Waals surface area contributed by atoms with Gasteiger partial charge in [-0.3, -0.25) is 24.0 Å². The number of rotatable bonds is 15. The van der Waals surface area contributed by atoms with E-state index in [1.54, 1.807) is 13.0 Å². The van der Waals surface area contributed by atoms with Gasteiger partial charge in [0.15, 0.2) is 23.0 Å². The Bertz CT molecular complexity index is 2570. The maximum absolute atomic E-state index is 13.2. The number of aromatic carboxylic acids is 1. The Kier molecular flexibility index (Phi) is 14.0. The Hall–Kier alpha value is -8.65. The molecule has 0 bridgehead atoms. The van der Waals surface area contributed by atoms with E-state index >= 15 is 0 Å². The lowest BCUT2D eigenvalue weighted by Gasteiger charge is -2.17. The molecule has 17 heteroatoms. The maximum Gasteiger partial charge on any atom is 0.339 e. The largest absolute Gasteiger partial charge is 0.504 e. The van der Waals surface area contributed by atoms with Gasteiger partial charge in [0.25, 0.3) is 23.6 Å². The molecule has 0 radical (unpaired) electrons. The zero-order valence-corrected chi connectivity index (χ0v) is 32.7. The Labute approximate surface area is 348 Å². The number of hydrogen-bond donors (Lipinski definition) is 8. The minimum atomic E-state index is -1.42. The van der Waals surface area contributed by atoms with Crippen LogP contribution in [0, 0.1) is 11.3 Å². The van der Waals surface area contributed by atoms with Gasteiger partial charge < -0.3 is 51.4 Å². The second kappa shape index (κ2) is 19.7. The summed E-state index contributed by atoms with van der Waals surface area (Å²) in [5.41, 5.74) is 1.44. The normalized spacial score (nSPS) is 11.2. The molecule has 310 valence electrons. The molecule has 8 N–H and O–H groups in total. The summed E-state index contributed by atoms with van der Waals surface area (Å²) < 4.78 is 10.3. The number of phenols is 2. The molecule has 0 heterocycles. The number of amides is 5. The molecule has 17 nitrogen and oxygen atoms in total. The van der Waals surface area contributed by atoms with Gasteiger partial charge in [0.05, 0.1) is 43.6 Å². The fourth-order valence-corrected chi connectivity index (χ4v) is 5.77. The number of nitriles is 1. The van der Waals surface area contributed by atoms with E-state index in [9.17, 15) is 49.3 Å². The highest BCUT2D eigenvalue weighted by Gasteiger charge is 2.25. The third-order valence-corrected chi connectivity index (χ3v) is 8.92. The number of anilines is 4. The van der Waals surface area contributed by atoms with Gasteiger partial charge in [-0.1, -0.05) is 30.3 Å². The number of carboxylic acids is 1. The number of phenolic OH excluding ortho intramolecular Hbond substituents is 1. The van der Waals surface area contributed by atoms with Gasteiger partial charge in [0.2, 0.25) is 5.91 Å². The summed E-state index contributed by atoms with van der Waals surface area (Å²) in [7, 11) is 2.36. The van der Waals surface area contributed by atoms with Gasteiger partial charge in [0, 0.05) is 28.1 Å². The van der Waals surface area contributed by atoms with E-state index in [0.29, 0.717) is 11.3 Å². The molecular weight excluding hydrogens is 789 g/mol. The summed E-state index contributed by atoms with van der Waals surface area (Å²) in [6.07, 6.45) is 1.39. The standard InChI is InChI=1S/C44H38N6O11/c1-24(23-25-7-5-4-6-8-25)39(53)46-28-13-9-27(10-14-28)41(55)50-34(21-22-45)43(57)47-29-15-11-26(12-16-29)40(54)48-32-19-17-30(35(51)37(32)60-2)42(56)49-33-20-18-31(44(58)59)36(52)38(33)61-3/h4-20,23,34,51-52H,21H2,1-3H3,(H,46,53)(H,47,57)(H,48,54)(H,49,56)(H,50,55)(H,58,59). The van der Waals surface area contributed by atoms with Crippen LogP contribution in [0.15, 0.2) is 109 Å². The number of nitrogens with one attached hydrogen (secondary N) is 5. The van der Waals surface area contributed by atoms with Crippen molar-refractivity contribution in [2.45, 2.75) is 19.4 Å². The first-order valence-corrected chi connectivity index (χ1v) is 18.1. The lowest BCUT2D eigenvalue weighted by molar-refractivity contribution is -0.118. The Balaban J connectivity index is 1.18. The molecule has 5 aromatic carbocycles. The first-order valence-electron chi connectivity index (χ1n) is 18.1. The molecule has 0 aliphatic rings. The average Bonchev–Trinajstić information content (AvgIpc) is 3.24. The van der Waals surface area contributed by atoms with Gasteiger partial charge in [-0.2, -0.15) is 5.26 Å². The topological polar surface area (TPSA) is 266 Å². The zero-order chi connectivity index (χ0) is 44.2. The first kappa shape index (κ1) is 43.5. The minimum Gasteiger partial charge on any atom is -0.504 e. The predicted octanol–water partition coefficient (Wildman–Crippen LogP) is 6.01. The SMILES string of the molecule is COc1c(NC(=O)c2ccc(NC(=O)c3ccc(NC(=O)C(CC#N)NC(=O)c4ccc(NC(=O)C(C)=Cc5ccccc5)cc4)cc3)c(OC)c2O)ccc(C(=O)O)c1O. The van der Waals surface area contributed by atoms with Gasteiger partial charge in [0.1, 0.15) is 11.6 Å². The van der Waals surface area contributed by atoms with Crippen LogP contribution in [-0.2, 0) is 9.59 Å². The molecule has 5 rings (SSSR count). The summed E-state index contributed by atoms with van der Waals surface area (Å²) in [6.45, 7) is 1.68. The number of carbonyl (C=O) groups excluding carboxylic acids is 5. The van der Waals surface area contributed by atoms with Crippen molar-refractivity contribution in [3.63, 3.8) is 0 Å². The van der Waals surface area contributed by atoms with E-state index in [1.807, 2.05) is 36.4 Å². The zero-order valence-electron chi connectivity index (χ0n) is 32.7. The Morgan fingerprint density at radius 2 is 1.16 bits per heavy atom. The molecule has 0 aliphatic heterocycles. The van der Waals surface area contributed by atoms with Crippen LogP contribution in [0.1, 0.15) is 60.3 Å². The number of benzene rings is 5. The smallest absolute Gasteiger partial charge is 0.339 e. The molecule has 61 heavy (non-hydrogen) atoms. The van der Waals surface area contributed by atoms with Gasteiger partial charge in [-0.05, 0) is 91.4 Å². The fraction of sp³-hybridized carbons (Fsp3) is 0.114. The average molecular weight is 827 g/mol. The third kappa shape index (κ3) is 10.7. The van der Waals surface area contributed by atoms with E-state index in [1.165, 1.54) is 73.8 Å². The summed E-state index contributed by atoms with van der Waals surface area (Å²) in [4.78, 5) is 76.5. The van der Waals surface area contributed by atoms with Crippen molar-refractivity contribution >= 4 is 64.3 Å². The quantitative estimate of drug-likeness (QED) is 0.0564. The van der Waals surface area contributed by atoms with Crippen LogP contribution in [0.25, 0.3) is 6.08 Å². The van der Waals surface area contributed by atoms with E-state index < -0.39 is 52.7 Å². The number of hydrogen-bond acceptors (Lipinski definition) is 11. The molecule has 5 amide bonds. The van der Waals surface area contributed by atoms with Crippen LogP contribution >= 0.6 is 0 Å². The molecule has 5 aromatic rings. The van der Waals surface area contributed by atoms with E-state index in [4.69, 9.17) is 9.47 Å². The van der Waals surface area contributed by atoms with Gasteiger partial charge in [-0.15, -0.1) is 0 Å². The lowest BCUT2D eigenvalue weighted by Crippen LogP contribution is -2.43. The monoisotopic (exact) mass is 826 g/mol. The van der Waals surface area contributed by atoms with Crippen molar-refractivity contribution in [3.05, 3.63) is 137 Å². The van der Waals surface area contributed by atoms with Crippen LogP contribution in [0.3, 0.4) is 0 Å². The van der Waals surface area contributed by atoms with E-state index in [2.05, 4.69) is 26.6 Å². The van der Waals surface area contributed by atoms with Crippen LogP contribution < -0.4 is 36.1 Å². The summed E-state index contributed by atoms with van der Waals surface area (Å²) in [6, 6.07) is 26.3. The Morgan fingerprint density at radius 1 is 0.656 bits per heavy atom. The molecule has 0 fully saturated rings. The third-order valence-electron chi connectivity index (χ3n) is 8.92. The van der Waals surface area contributed by atoms with Crippen molar-refractivity contribution in [2.24, 2.45) is 0 Å². The summed E-state index contributed by atoms with van der Waals surface area (Å²) >= 11 is 0. The summed E-state index contributed by atoms with van der Waals surface area (Å²) in [5, 5.41) is 52.7. The van der Waals surface area contributed by atoms with Crippen molar-refractivity contribution in [1.82, 2.24) is 5.32 Å². The van der Waals surface area contributed by atoms with Crippen molar-refractivity contribution in [1.29, 1.82) is 5.26 Å². The van der Waals surface area contributed by atoms with Crippen LogP contribution in [0.2, 0.25) is 0 Å². The highest BCUT2D eigenvalue weighted by molar-refractivity contribution is 6.11. The minimum absolute atomic E-state index is 0.0134. The molecule has 0 spiro atoms. The van der Waals surface area contributed by atoms with Gasteiger partial charge >= 0.3 is 5.97 Å². The highest BCUT2D eigenvalue weighted by atomic mass is 16.5. The number of nitrogens with zero attached hydrogens (tertiary/aromatic N) is 1. The van der Waals surface area contributed by atoms with E-state index in [-0.39, 0.29) is 57.6 Å². The Morgan fingerprint density at radius 3 is 1.70 bits per heavy atom. The van der Waals surface area contributed by atoms with Crippen LogP contribution in [-0.4, -0.2) is 71.1 Å². The molecule has 0 saturated heterocycles. The second-order valence-electron chi connectivity index (χ2n) is 13.0. The predicted molar refractivity (Wildman–Crippen MR) is 224 cm³/mol. The van der Waals surface area contributed by atoms with E-state index in [0.717, 1.165) is 18.7 Å². The fourth-order valence-electron chi connectivity index (χ4n) is 5.77. The van der Waals surface area contributed by atoms with Gasteiger partial charge in [-0.25, -0.2) is 4.79 Å². The van der Waals surface area contributed by atoms with Crippen LogP contribution in [0.4, 0.5) is 22.7 Å². The van der Waals surface area contributed by atoms with Crippen LogP contribution in [0.5, 0.6) is 23.0 Å². The molecule has 0 aromatic heterocycles. The van der Waals surface area contributed by atoms with Crippen molar-refractivity contribution in [2.75, 3.05) is 35.5 Å². The second-order valence-corrected chi connectivity index (χ2v) is 13.0. The number of carbonyl (C=O) groups is 6. The molecule has 1 unspecified atom stereocenters. The number of carboxylic acid groups (broad SMARTS) is 1. The number of ether oxygens (including phenoxy) is 2.